The molecule has 0 radical (unpaired) electrons. The van der Waals surface area contributed by atoms with Crippen LogP contribution in [-0.2, 0) is 10.0 Å². The Morgan fingerprint density at radius 2 is 1.75 bits per heavy atom. The summed E-state index contributed by atoms with van der Waals surface area (Å²) in [5, 5.41) is 3.81. The quantitative estimate of drug-likeness (QED) is 0.742. The van der Waals surface area contributed by atoms with Crippen molar-refractivity contribution in [1.29, 1.82) is 0 Å². The van der Waals surface area contributed by atoms with Crippen molar-refractivity contribution in [2.45, 2.75) is 4.21 Å². The highest BCUT2D eigenvalue weighted by molar-refractivity contribution is 9.10. The van der Waals surface area contributed by atoms with Crippen LogP contribution < -0.4 is 4.72 Å². The molecule has 3 nitrogen and oxygen atoms in total. The number of fused-ring (bicyclic) bond motifs is 1. The molecule has 0 aliphatic carbocycles. The Hall–Kier alpha value is -1.37. The minimum Gasteiger partial charge on any atom is -0.279 e. The summed E-state index contributed by atoms with van der Waals surface area (Å²) in [5.41, 5.74) is 0.559. The van der Waals surface area contributed by atoms with Gasteiger partial charge in [0.2, 0.25) is 0 Å². The Morgan fingerprint density at radius 3 is 2.45 bits per heavy atom. The van der Waals surface area contributed by atoms with Gasteiger partial charge in [-0.1, -0.05) is 30.3 Å². The number of rotatable bonds is 3. The highest BCUT2D eigenvalue weighted by Gasteiger charge is 2.19. The van der Waals surface area contributed by atoms with Crippen molar-refractivity contribution in [2.24, 2.45) is 0 Å². The monoisotopic (exact) mass is 367 g/mol. The number of thiophene rings is 1. The predicted molar refractivity (Wildman–Crippen MR) is 86.8 cm³/mol. The van der Waals surface area contributed by atoms with Crippen LogP contribution in [0.2, 0.25) is 0 Å². The minimum absolute atomic E-state index is 0.283. The van der Waals surface area contributed by atoms with E-state index in [0.29, 0.717) is 10.2 Å². The van der Waals surface area contributed by atoms with Crippen molar-refractivity contribution < 1.29 is 8.42 Å². The zero-order valence-corrected chi connectivity index (χ0v) is 13.4. The first-order valence-corrected chi connectivity index (χ1v) is 8.96. The number of hydrogen-bond donors (Lipinski definition) is 1. The van der Waals surface area contributed by atoms with E-state index in [1.54, 1.807) is 17.5 Å². The molecule has 0 aliphatic rings. The molecule has 0 saturated carbocycles. The van der Waals surface area contributed by atoms with E-state index >= 15 is 0 Å². The van der Waals surface area contributed by atoms with Gasteiger partial charge in [-0.3, -0.25) is 4.72 Å². The predicted octanol–water partition coefficient (Wildman–Crippen LogP) is 4.46. The van der Waals surface area contributed by atoms with E-state index in [4.69, 9.17) is 0 Å². The second-order valence-electron chi connectivity index (χ2n) is 4.22. The van der Waals surface area contributed by atoms with Crippen LogP contribution in [0.5, 0.6) is 0 Å². The zero-order chi connectivity index (χ0) is 14.2. The SMILES string of the molecule is O=S(=O)(Nc1ccc2ccccc2c1)c1sccc1Br. The van der Waals surface area contributed by atoms with Gasteiger partial charge in [0.05, 0.1) is 0 Å². The van der Waals surface area contributed by atoms with E-state index in [9.17, 15) is 8.42 Å². The summed E-state index contributed by atoms with van der Waals surface area (Å²) >= 11 is 4.43. The summed E-state index contributed by atoms with van der Waals surface area (Å²) in [6, 6.07) is 15.0. The lowest BCUT2D eigenvalue weighted by Crippen LogP contribution is -2.11. The number of hydrogen-bond acceptors (Lipinski definition) is 3. The van der Waals surface area contributed by atoms with Gasteiger partial charge in [0.15, 0.2) is 4.21 Å². The van der Waals surface area contributed by atoms with Gasteiger partial charge in [-0.2, -0.15) is 0 Å². The zero-order valence-electron chi connectivity index (χ0n) is 10.2. The summed E-state index contributed by atoms with van der Waals surface area (Å²) in [6.07, 6.45) is 0. The molecule has 2 aromatic carbocycles. The van der Waals surface area contributed by atoms with Crippen LogP contribution in [-0.4, -0.2) is 8.42 Å². The average molecular weight is 368 g/mol. The third-order valence-corrected chi connectivity index (χ3v) is 6.88. The summed E-state index contributed by atoms with van der Waals surface area (Å²) in [6.45, 7) is 0. The molecule has 1 N–H and O–H groups in total. The lowest BCUT2D eigenvalue weighted by atomic mass is 10.1. The second kappa shape index (κ2) is 5.20. The molecule has 1 heterocycles. The highest BCUT2D eigenvalue weighted by Crippen LogP contribution is 2.29. The first kappa shape index (κ1) is 13.6. The smallest absolute Gasteiger partial charge is 0.272 e. The average Bonchev–Trinajstić information content (AvgIpc) is 2.85. The lowest BCUT2D eigenvalue weighted by molar-refractivity contribution is 0.603. The first-order chi connectivity index (χ1) is 9.56. The number of sulfonamides is 1. The van der Waals surface area contributed by atoms with Gasteiger partial charge in [-0.05, 0) is 50.3 Å². The summed E-state index contributed by atoms with van der Waals surface area (Å²) in [4.78, 5) is 0. The molecule has 0 spiro atoms. The number of halogens is 1. The van der Waals surface area contributed by atoms with Crippen molar-refractivity contribution in [3.8, 4) is 0 Å². The fourth-order valence-electron chi connectivity index (χ4n) is 1.93. The Kier molecular flexibility index (Phi) is 3.54. The fourth-order valence-corrected chi connectivity index (χ4v) is 5.31. The Morgan fingerprint density at radius 1 is 1.00 bits per heavy atom. The molecule has 0 bridgehead atoms. The summed E-state index contributed by atoms with van der Waals surface area (Å²) in [7, 11) is -3.55. The molecule has 0 aliphatic heterocycles. The maximum atomic E-state index is 12.3. The molecule has 0 fully saturated rings. The highest BCUT2D eigenvalue weighted by atomic mass is 79.9. The van der Waals surface area contributed by atoms with E-state index in [1.807, 2.05) is 36.4 Å². The first-order valence-electron chi connectivity index (χ1n) is 5.81. The molecule has 3 rings (SSSR count). The second-order valence-corrected chi connectivity index (χ2v) is 7.87. The molecular weight excluding hydrogens is 358 g/mol. The third-order valence-electron chi connectivity index (χ3n) is 2.83. The normalized spacial score (nSPS) is 11.7. The maximum absolute atomic E-state index is 12.3. The summed E-state index contributed by atoms with van der Waals surface area (Å²) in [5.74, 6) is 0. The van der Waals surface area contributed by atoms with Crippen molar-refractivity contribution in [1.82, 2.24) is 0 Å². The van der Waals surface area contributed by atoms with Crippen LogP contribution in [0.1, 0.15) is 0 Å². The van der Waals surface area contributed by atoms with E-state index in [0.717, 1.165) is 10.8 Å². The van der Waals surface area contributed by atoms with Crippen LogP contribution in [0.15, 0.2) is 62.6 Å². The Labute approximate surface area is 129 Å². The van der Waals surface area contributed by atoms with Gasteiger partial charge in [0, 0.05) is 10.2 Å². The fraction of sp³-hybridized carbons (Fsp3) is 0. The van der Waals surface area contributed by atoms with Gasteiger partial charge >= 0.3 is 0 Å². The van der Waals surface area contributed by atoms with E-state index in [2.05, 4.69) is 20.7 Å². The number of nitrogens with one attached hydrogen (secondary N) is 1. The van der Waals surface area contributed by atoms with Crippen LogP contribution >= 0.6 is 27.3 Å². The van der Waals surface area contributed by atoms with Crippen LogP contribution in [0, 0.1) is 0 Å². The van der Waals surface area contributed by atoms with Crippen molar-refractivity contribution in [2.75, 3.05) is 4.72 Å². The molecular formula is C14H10BrNO2S2. The molecule has 0 saturated heterocycles. The molecule has 1 aromatic heterocycles. The number of anilines is 1. The van der Waals surface area contributed by atoms with E-state index in [-0.39, 0.29) is 4.21 Å². The van der Waals surface area contributed by atoms with Crippen molar-refractivity contribution >= 4 is 53.7 Å². The van der Waals surface area contributed by atoms with Gasteiger partial charge in [0.25, 0.3) is 10.0 Å². The van der Waals surface area contributed by atoms with Crippen LogP contribution in [0.4, 0.5) is 5.69 Å². The van der Waals surface area contributed by atoms with Gasteiger partial charge in [-0.25, -0.2) is 8.42 Å². The molecule has 0 amide bonds. The van der Waals surface area contributed by atoms with Crippen molar-refractivity contribution in [3.63, 3.8) is 0 Å². The molecule has 0 unspecified atom stereocenters. The third kappa shape index (κ3) is 2.59. The molecule has 20 heavy (non-hydrogen) atoms. The van der Waals surface area contributed by atoms with Gasteiger partial charge in [-0.15, -0.1) is 11.3 Å². The topological polar surface area (TPSA) is 46.2 Å². The minimum atomic E-state index is -3.55. The van der Waals surface area contributed by atoms with Gasteiger partial charge < -0.3 is 0 Å². The lowest BCUT2D eigenvalue weighted by Gasteiger charge is -2.08. The Bertz CT molecular complexity index is 872. The van der Waals surface area contributed by atoms with E-state index < -0.39 is 10.0 Å². The molecule has 0 atom stereocenters. The van der Waals surface area contributed by atoms with Crippen LogP contribution in [0.25, 0.3) is 10.8 Å². The molecule has 102 valence electrons. The van der Waals surface area contributed by atoms with E-state index in [1.165, 1.54) is 11.3 Å². The van der Waals surface area contributed by atoms with Gasteiger partial charge in [0.1, 0.15) is 0 Å². The number of benzene rings is 2. The Balaban J connectivity index is 1.99. The van der Waals surface area contributed by atoms with Crippen LogP contribution in [0.3, 0.4) is 0 Å². The molecule has 6 heteroatoms. The maximum Gasteiger partial charge on any atom is 0.272 e. The standard InChI is InChI=1S/C14H10BrNO2S2/c15-13-7-8-19-14(13)20(17,18)16-12-6-5-10-3-1-2-4-11(10)9-12/h1-9,16H. The molecule has 3 aromatic rings. The summed E-state index contributed by atoms with van der Waals surface area (Å²) < 4.78 is 28.0. The largest absolute Gasteiger partial charge is 0.279 e. The van der Waals surface area contributed by atoms with Crippen molar-refractivity contribution in [3.05, 3.63) is 58.4 Å².